The number of benzene rings is 1. The summed E-state index contributed by atoms with van der Waals surface area (Å²) in [6.07, 6.45) is 0. The van der Waals surface area contributed by atoms with Gasteiger partial charge in [-0.3, -0.25) is 0 Å². The molecule has 0 saturated heterocycles. The Bertz CT molecular complexity index is 500. The quantitative estimate of drug-likeness (QED) is 0.901. The summed E-state index contributed by atoms with van der Waals surface area (Å²) >= 11 is 7.56. The minimum absolute atomic E-state index is 0.468. The van der Waals surface area contributed by atoms with E-state index in [2.05, 4.69) is 17.2 Å². The summed E-state index contributed by atoms with van der Waals surface area (Å²) < 4.78 is 6.20. The van der Waals surface area contributed by atoms with Crippen LogP contribution in [0.1, 0.15) is 6.92 Å². The molecular formula is C12H15ClN2OS. The number of halogens is 1. The van der Waals surface area contributed by atoms with E-state index in [0.717, 1.165) is 33.5 Å². The van der Waals surface area contributed by atoms with Crippen LogP contribution < -0.4 is 5.32 Å². The van der Waals surface area contributed by atoms with Crippen LogP contribution in [0.15, 0.2) is 18.2 Å². The van der Waals surface area contributed by atoms with Crippen molar-refractivity contribution in [3.63, 3.8) is 0 Å². The number of nitrogens with one attached hydrogen (secondary N) is 1. The van der Waals surface area contributed by atoms with Gasteiger partial charge < -0.3 is 10.1 Å². The summed E-state index contributed by atoms with van der Waals surface area (Å²) in [5.41, 5.74) is 0.987. The Kier molecular flexibility index (Phi) is 4.20. The summed E-state index contributed by atoms with van der Waals surface area (Å²) in [4.78, 5) is 4.49. The average Bonchev–Trinajstić information content (AvgIpc) is 2.68. The highest BCUT2D eigenvalue weighted by Crippen LogP contribution is 2.28. The van der Waals surface area contributed by atoms with Gasteiger partial charge in [0.25, 0.3) is 0 Å². The fourth-order valence-electron chi connectivity index (χ4n) is 1.58. The van der Waals surface area contributed by atoms with E-state index in [1.807, 2.05) is 18.2 Å². The number of rotatable bonds is 5. The second-order valence-corrected chi connectivity index (χ2v) is 5.54. The Labute approximate surface area is 110 Å². The number of hydrogen-bond donors (Lipinski definition) is 1. The molecule has 2 rings (SSSR count). The van der Waals surface area contributed by atoms with Gasteiger partial charge in [0, 0.05) is 18.7 Å². The van der Waals surface area contributed by atoms with E-state index in [-0.39, 0.29) is 0 Å². The van der Waals surface area contributed by atoms with Crippen molar-refractivity contribution >= 4 is 38.3 Å². The van der Waals surface area contributed by atoms with Crippen LogP contribution in [0.5, 0.6) is 0 Å². The molecule has 17 heavy (non-hydrogen) atoms. The number of aromatic nitrogens is 1. The van der Waals surface area contributed by atoms with Gasteiger partial charge in [-0.25, -0.2) is 4.98 Å². The lowest BCUT2D eigenvalue weighted by Gasteiger charge is -2.09. The van der Waals surface area contributed by atoms with Crippen LogP contribution in [0.2, 0.25) is 5.02 Å². The van der Waals surface area contributed by atoms with Crippen molar-refractivity contribution < 1.29 is 4.74 Å². The van der Waals surface area contributed by atoms with Gasteiger partial charge in [0.15, 0.2) is 5.13 Å². The number of ether oxygens (including phenoxy) is 1. The molecule has 1 N–H and O–H groups in total. The van der Waals surface area contributed by atoms with E-state index >= 15 is 0 Å². The van der Waals surface area contributed by atoms with E-state index in [1.165, 1.54) is 0 Å². The molecule has 0 aliphatic carbocycles. The highest BCUT2D eigenvalue weighted by molar-refractivity contribution is 7.22. The van der Waals surface area contributed by atoms with Gasteiger partial charge in [0.1, 0.15) is 0 Å². The van der Waals surface area contributed by atoms with Crippen LogP contribution in [-0.4, -0.2) is 25.2 Å². The monoisotopic (exact) mass is 270 g/mol. The van der Waals surface area contributed by atoms with E-state index < -0.39 is 0 Å². The van der Waals surface area contributed by atoms with E-state index in [4.69, 9.17) is 16.3 Å². The molecule has 0 spiro atoms. The van der Waals surface area contributed by atoms with Crippen molar-refractivity contribution in [2.75, 3.05) is 25.6 Å². The number of methoxy groups -OCH3 is 1. The summed E-state index contributed by atoms with van der Waals surface area (Å²) in [7, 11) is 1.72. The first-order valence-corrected chi connectivity index (χ1v) is 6.67. The van der Waals surface area contributed by atoms with E-state index in [9.17, 15) is 0 Å². The Hall–Kier alpha value is -0.840. The molecule has 0 saturated carbocycles. The highest BCUT2D eigenvalue weighted by atomic mass is 35.5. The second-order valence-electron chi connectivity index (χ2n) is 4.07. The lowest BCUT2D eigenvalue weighted by Crippen LogP contribution is -2.15. The number of hydrogen-bond acceptors (Lipinski definition) is 4. The largest absolute Gasteiger partial charge is 0.384 e. The number of thiazole rings is 1. The van der Waals surface area contributed by atoms with Gasteiger partial charge >= 0.3 is 0 Å². The molecule has 0 amide bonds. The first kappa shape index (κ1) is 12.6. The molecule has 0 fully saturated rings. The molecule has 0 bridgehead atoms. The van der Waals surface area contributed by atoms with Crippen LogP contribution in [-0.2, 0) is 4.74 Å². The second kappa shape index (κ2) is 5.67. The Morgan fingerprint density at radius 1 is 1.53 bits per heavy atom. The summed E-state index contributed by atoms with van der Waals surface area (Å²) in [5.74, 6) is 0.468. The zero-order chi connectivity index (χ0) is 12.3. The van der Waals surface area contributed by atoms with Crippen LogP contribution in [0, 0.1) is 5.92 Å². The lowest BCUT2D eigenvalue weighted by molar-refractivity contribution is 0.164. The van der Waals surface area contributed by atoms with Gasteiger partial charge in [-0.1, -0.05) is 29.9 Å². The Morgan fingerprint density at radius 2 is 2.35 bits per heavy atom. The predicted octanol–water partition coefficient (Wildman–Crippen LogP) is 3.64. The van der Waals surface area contributed by atoms with Crippen molar-refractivity contribution in [1.82, 2.24) is 4.98 Å². The molecule has 3 nitrogen and oxygen atoms in total. The minimum Gasteiger partial charge on any atom is -0.384 e. The molecule has 1 unspecified atom stereocenters. The molecule has 1 heterocycles. The molecule has 5 heteroatoms. The normalized spacial score (nSPS) is 12.9. The number of nitrogens with zero attached hydrogens (tertiary/aromatic N) is 1. The van der Waals surface area contributed by atoms with Gasteiger partial charge in [-0.2, -0.15) is 0 Å². The third-order valence-electron chi connectivity index (χ3n) is 2.40. The fraction of sp³-hybridized carbons (Fsp3) is 0.417. The number of anilines is 1. The molecule has 92 valence electrons. The van der Waals surface area contributed by atoms with E-state index in [0.29, 0.717) is 5.92 Å². The van der Waals surface area contributed by atoms with Gasteiger partial charge in [-0.05, 0) is 24.1 Å². The molecule has 0 radical (unpaired) electrons. The molecule has 2 aromatic rings. The highest BCUT2D eigenvalue weighted by Gasteiger charge is 2.06. The Balaban J connectivity index is 2.04. The lowest BCUT2D eigenvalue weighted by atomic mass is 10.2. The van der Waals surface area contributed by atoms with Crippen molar-refractivity contribution in [2.45, 2.75) is 6.92 Å². The van der Waals surface area contributed by atoms with E-state index in [1.54, 1.807) is 18.4 Å². The SMILES string of the molecule is COCC(C)CNc1nc2ccc(Cl)cc2s1. The van der Waals surface area contributed by atoms with Crippen LogP contribution in [0.25, 0.3) is 10.2 Å². The van der Waals surface area contributed by atoms with Gasteiger partial charge in [-0.15, -0.1) is 0 Å². The first-order valence-electron chi connectivity index (χ1n) is 5.48. The maximum Gasteiger partial charge on any atom is 0.183 e. The van der Waals surface area contributed by atoms with Gasteiger partial charge in [0.05, 0.1) is 16.8 Å². The average molecular weight is 271 g/mol. The maximum absolute atomic E-state index is 5.94. The molecule has 0 aliphatic rings. The molecule has 0 aliphatic heterocycles. The van der Waals surface area contributed by atoms with Crippen molar-refractivity contribution in [3.05, 3.63) is 23.2 Å². The summed E-state index contributed by atoms with van der Waals surface area (Å²) in [6.45, 7) is 3.76. The fourth-order valence-corrected chi connectivity index (χ4v) is 2.73. The first-order chi connectivity index (χ1) is 8.19. The van der Waals surface area contributed by atoms with Crippen molar-refractivity contribution in [1.29, 1.82) is 0 Å². The van der Waals surface area contributed by atoms with Crippen molar-refractivity contribution in [3.8, 4) is 0 Å². The van der Waals surface area contributed by atoms with Crippen LogP contribution in [0.3, 0.4) is 0 Å². The number of fused-ring (bicyclic) bond motifs is 1. The van der Waals surface area contributed by atoms with Crippen LogP contribution in [0.4, 0.5) is 5.13 Å². The van der Waals surface area contributed by atoms with Crippen LogP contribution >= 0.6 is 22.9 Å². The smallest absolute Gasteiger partial charge is 0.183 e. The Morgan fingerprint density at radius 3 is 3.12 bits per heavy atom. The third kappa shape index (κ3) is 3.31. The predicted molar refractivity (Wildman–Crippen MR) is 74.2 cm³/mol. The molecular weight excluding hydrogens is 256 g/mol. The van der Waals surface area contributed by atoms with Crippen molar-refractivity contribution in [2.24, 2.45) is 5.92 Å². The molecule has 1 aromatic carbocycles. The maximum atomic E-state index is 5.94. The topological polar surface area (TPSA) is 34.1 Å². The zero-order valence-corrected chi connectivity index (χ0v) is 11.4. The zero-order valence-electron chi connectivity index (χ0n) is 9.87. The minimum atomic E-state index is 0.468. The molecule has 1 atom stereocenters. The van der Waals surface area contributed by atoms with Gasteiger partial charge in [0.2, 0.25) is 0 Å². The third-order valence-corrected chi connectivity index (χ3v) is 3.61. The summed E-state index contributed by atoms with van der Waals surface area (Å²) in [6, 6.07) is 5.75. The standard InChI is InChI=1S/C12H15ClN2OS/c1-8(7-16-2)6-14-12-15-10-4-3-9(13)5-11(10)17-12/h3-5,8H,6-7H2,1-2H3,(H,14,15). The summed E-state index contributed by atoms with van der Waals surface area (Å²) in [5, 5.41) is 5.01. The molecule has 1 aromatic heterocycles.